The third-order valence-corrected chi connectivity index (χ3v) is 4.47. The lowest BCUT2D eigenvalue weighted by atomic mass is 10.2. The summed E-state index contributed by atoms with van der Waals surface area (Å²) in [6.45, 7) is 5.42. The van der Waals surface area contributed by atoms with Crippen LogP contribution in [-0.2, 0) is 24.2 Å². The quantitative estimate of drug-likeness (QED) is 0.914. The summed E-state index contributed by atoms with van der Waals surface area (Å²) in [7, 11) is 0. The Kier molecular flexibility index (Phi) is 4.92. The van der Waals surface area contributed by atoms with Crippen LogP contribution in [0.3, 0.4) is 0 Å². The van der Waals surface area contributed by atoms with Gasteiger partial charge >= 0.3 is 6.03 Å². The zero-order chi connectivity index (χ0) is 15.4. The first kappa shape index (κ1) is 15.3. The summed E-state index contributed by atoms with van der Waals surface area (Å²) in [5, 5.41) is 11.5. The smallest absolute Gasteiger partial charge is 0.317 e. The van der Waals surface area contributed by atoms with E-state index in [4.69, 9.17) is 4.74 Å². The largest absolute Gasteiger partial charge is 0.375 e. The molecule has 1 N–H and O–H groups in total. The minimum Gasteiger partial charge on any atom is -0.375 e. The number of ether oxygens (including phenoxy) is 1. The number of aromatic nitrogens is 3. The van der Waals surface area contributed by atoms with E-state index < -0.39 is 0 Å². The third-order valence-electron chi connectivity index (χ3n) is 4.47. The van der Waals surface area contributed by atoms with Crippen molar-refractivity contribution in [3.8, 4) is 0 Å². The van der Waals surface area contributed by atoms with Crippen molar-refractivity contribution in [1.82, 2.24) is 25.0 Å². The molecular formula is C15H25N5O2. The molecule has 0 radical (unpaired) electrons. The molecule has 22 heavy (non-hydrogen) atoms. The van der Waals surface area contributed by atoms with Crippen LogP contribution in [0.5, 0.6) is 0 Å². The van der Waals surface area contributed by atoms with Crippen molar-refractivity contribution < 1.29 is 9.53 Å². The fraction of sp³-hybridized carbons (Fsp3) is 0.800. The highest BCUT2D eigenvalue weighted by molar-refractivity contribution is 5.74. The van der Waals surface area contributed by atoms with Gasteiger partial charge in [-0.2, -0.15) is 0 Å². The standard InChI is InChI=1S/C15H25N5O2/c1-2-12-11-19(8-9-22-12)15(21)16-10-14-18-17-13-6-4-3-5-7-20(13)14/h12H,2-11H2,1H3,(H,16,21)/t12-/m1/s1. The second-order valence-electron chi connectivity index (χ2n) is 6.00. The maximum atomic E-state index is 12.3. The van der Waals surface area contributed by atoms with Crippen LogP contribution in [0.25, 0.3) is 0 Å². The van der Waals surface area contributed by atoms with Gasteiger partial charge in [0.05, 0.1) is 19.3 Å². The lowest BCUT2D eigenvalue weighted by molar-refractivity contribution is -0.0154. The molecule has 0 bridgehead atoms. The Bertz CT molecular complexity index is 516. The van der Waals surface area contributed by atoms with E-state index in [0.717, 1.165) is 37.5 Å². The van der Waals surface area contributed by atoms with Gasteiger partial charge < -0.3 is 19.5 Å². The van der Waals surface area contributed by atoms with Crippen molar-refractivity contribution in [2.75, 3.05) is 19.7 Å². The summed E-state index contributed by atoms with van der Waals surface area (Å²) in [4.78, 5) is 14.1. The maximum Gasteiger partial charge on any atom is 0.317 e. The molecular weight excluding hydrogens is 282 g/mol. The zero-order valence-electron chi connectivity index (χ0n) is 13.3. The predicted molar refractivity (Wildman–Crippen MR) is 81.4 cm³/mol. The summed E-state index contributed by atoms with van der Waals surface area (Å²) < 4.78 is 7.77. The Labute approximate surface area is 131 Å². The molecule has 7 nitrogen and oxygen atoms in total. The molecule has 1 fully saturated rings. The molecule has 2 aliphatic rings. The Balaban J connectivity index is 1.56. The van der Waals surface area contributed by atoms with Crippen LogP contribution in [0.1, 0.15) is 44.3 Å². The van der Waals surface area contributed by atoms with Crippen molar-refractivity contribution >= 4 is 6.03 Å². The molecule has 3 heterocycles. The minimum atomic E-state index is -0.0345. The van der Waals surface area contributed by atoms with Crippen LogP contribution in [-0.4, -0.2) is 51.5 Å². The Morgan fingerprint density at radius 1 is 1.32 bits per heavy atom. The van der Waals surface area contributed by atoms with Gasteiger partial charge in [0.25, 0.3) is 0 Å². The van der Waals surface area contributed by atoms with E-state index in [1.54, 1.807) is 0 Å². The highest BCUT2D eigenvalue weighted by atomic mass is 16.5. The van der Waals surface area contributed by atoms with Gasteiger partial charge in [-0.05, 0) is 19.3 Å². The highest BCUT2D eigenvalue weighted by Crippen LogP contribution is 2.14. The van der Waals surface area contributed by atoms with E-state index in [1.807, 2.05) is 4.90 Å². The number of urea groups is 1. The lowest BCUT2D eigenvalue weighted by Gasteiger charge is -2.32. The monoisotopic (exact) mass is 307 g/mol. The number of nitrogens with zero attached hydrogens (tertiary/aromatic N) is 4. The van der Waals surface area contributed by atoms with Gasteiger partial charge in [-0.1, -0.05) is 13.3 Å². The Morgan fingerprint density at radius 3 is 3.09 bits per heavy atom. The second kappa shape index (κ2) is 7.09. The van der Waals surface area contributed by atoms with Crippen molar-refractivity contribution in [2.24, 2.45) is 0 Å². The average Bonchev–Trinajstić information content (AvgIpc) is 2.79. The number of nitrogens with one attached hydrogen (secondary N) is 1. The first-order valence-electron chi connectivity index (χ1n) is 8.33. The first-order chi connectivity index (χ1) is 10.8. The van der Waals surface area contributed by atoms with Crippen LogP contribution in [0.4, 0.5) is 4.79 Å². The van der Waals surface area contributed by atoms with Gasteiger partial charge in [-0.15, -0.1) is 10.2 Å². The maximum absolute atomic E-state index is 12.3. The number of carbonyl (C=O) groups excluding carboxylic acids is 1. The molecule has 1 saturated heterocycles. The van der Waals surface area contributed by atoms with Crippen LogP contribution in [0.15, 0.2) is 0 Å². The molecule has 0 unspecified atom stereocenters. The molecule has 1 aromatic rings. The van der Waals surface area contributed by atoms with Gasteiger partial charge in [0.1, 0.15) is 5.82 Å². The molecule has 7 heteroatoms. The van der Waals surface area contributed by atoms with Crippen LogP contribution >= 0.6 is 0 Å². The van der Waals surface area contributed by atoms with Crippen molar-refractivity contribution in [3.05, 3.63) is 11.6 Å². The lowest BCUT2D eigenvalue weighted by Crippen LogP contribution is -2.49. The number of rotatable bonds is 3. The molecule has 0 spiro atoms. The molecule has 2 aliphatic heterocycles. The molecule has 0 aromatic carbocycles. The van der Waals surface area contributed by atoms with Crippen LogP contribution in [0, 0.1) is 0 Å². The fourth-order valence-corrected chi connectivity index (χ4v) is 3.09. The summed E-state index contributed by atoms with van der Waals surface area (Å²) in [6, 6.07) is -0.0345. The number of fused-ring (bicyclic) bond motifs is 1. The Hall–Kier alpha value is -1.63. The summed E-state index contributed by atoms with van der Waals surface area (Å²) in [6.07, 6.45) is 5.65. The number of amides is 2. The molecule has 122 valence electrons. The van der Waals surface area contributed by atoms with Crippen LogP contribution < -0.4 is 5.32 Å². The fourth-order valence-electron chi connectivity index (χ4n) is 3.09. The molecule has 1 aromatic heterocycles. The molecule has 2 amide bonds. The zero-order valence-corrected chi connectivity index (χ0v) is 13.3. The molecule has 1 atom stereocenters. The van der Waals surface area contributed by atoms with Crippen LogP contribution in [0.2, 0.25) is 0 Å². The van der Waals surface area contributed by atoms with E-state index in [-0.39, 0.29) is 12.1 Å². The van der Waals surface area contributed by atoms with Gasteiger partial charge in [0, 0.05) is 26.1 Å². The normalized spacial score (nSPS) is 22.0. The first-order valence-corrected chi connectivity index (χ1v) is 8.33. The SMILES string of the molecule is CC[C@@H]1CN(C(=O)NCc2nnc3n2CCCCC3)CCO1. The number of morpholine rings is 1. The third kappa shape index (κ3) is 3.40. The van der Waals surface area contributed by atoms with Crippen molar-refractivity contribution in [2.45, 2.75) is 58.2 Å². The van der Waals surface area contributed by atoms with E-state index in [1.165, 1.54) is 12.8 Å². The van der Waals surface area contributed by atoms with Crippen molar-refractivity contribution in [1.29, 1.82) is 0 Å². The number of hydrogen-bond acceptors (Lipinski definition) is 4. The van der Waals surface area contributed by atoms with Gasteiger partial charge in [0.2, 0.25) is 0 Å². The van der Waals surface area contributed by atoms with E-state index in [2.05, 4.69) is 27.0 Å². The van der Waals surface area contributed by atoms with E-state index in [0.29, 0.717) is 26.2 Å². The van der Waals surface area contributed by atoms with Gasteiger partial charge in [-0.25, -0.2) is 4.79 Å². The molecule has 0 aliphatic carbocycles. The average molecular weight is 307 g/mol. The highest BCUT2D eigenvalue weighted by Gasteiger charge is 2.23. The molecule has 3 rings (SSSR count). The second-order valence-corrected chi connectivity index (χ2v) is 6.00. The van der Waals surface area contributed by atoms with Crippen molar-refractivity contribution in [3.63, 3.8) is 0 Å². The predicted octanol–water partition coefficient (Wildman–Crippen LogP) is 1.32. The van der Waals surface area contributed by atoms with E-state index >= 15 is 0 Å². The Morgan fingerprint density at radius 2 is 2.23 bits per heavy atom. The summed E-state index contributed by atoms with van der Waals surface area (Å²) >= 11 is 0. The summed E-state index contributed by atoms with van der Waals surface area (Å²) in [5.74, 6) is 1.92. The minimum absolute atomic E-state index is 0.0345. The number of carbonyl (C=O) groups is 1. The number of aryl methyl sites for hydroxylation is 1. The molecule has 0 saturated carbocycles. The van der Waals surface area contributed by atoms with E-state index in [9.17, 15) is 4.79 Å². The van der Waals surface area contributed by atoms with Gasteiger partial charge in [-0.3, -0.25) is 0 Å². The van der Waals surface area contributed by atoms with Gasteiger partial charge in [0.15, 0.2) is 5.82 Å². The number of hydrogen-bond donors (Lipinski definition) is 1. The summed E-state index contributed by atoms with van der Waals surface area (Å²) in [5.41, 5.74) is 0. The topological polar surface area (TPSA) is 72.3 Å².